The number of aromatic amines is 1. The van der Waals surface area contributed by atoms with E-state index in [1.54, 1.807) is 50.7 Å². The van der Waals surface area contributed by atoms with Crippen LogP contribution in [0.2, 0.25) is 0 Å². The zero-order valence-corrected chi connectivity index (χ0v) is 14.3. The highest BCUT2D eigenvalue weighted by Gasteiger charge is 2.12. The van der Waals surface area contributed by atoms with E-state index in [0.29, 0.717) is 22.9 Å². The van der Waals surface area contributed by atoms with Crippen molar-refractivity contribution >= 4 is 12.1 Å². The normalized spacial score (nSPS) is 10.7. The molecule has 3 aromatic rings. The van der Waals surface area contributed by atoms with Gasteiger partial charge < -0.3 is 9.47 Å². The molecule has 0 fully saturated rings. The zero-order valence-electron chi connectivity index (χ0n) is 14.3. The average Bonchev–Trinajstić information content (AvgIpc) is 3.18. The molecule has 0 saturated heterocycles. The Morgan fingerprint density at radius 3 is 2.73 bits per heavy atom. The van der Waals surface area contributed by atoms with Gasteiger partial charge in [-0.25, -0.2) is 5.43 Å². The predicted molar refractivity (Wildman–Crippen MR) is 96.4 cm³/mol. The molecule has 2 heterocycles. The number of carbonyl (C=O) groups excluding carboxylic acids is 1. The molecule has 1 amide bonds. The molecule has 0 aliphatic heterocycles. The van der Waals surface area contributed by atoms with Crippen LogP contribution >= 0.6 is 0 Å². The minimum absolute atomic E-state index is 0.285. The van der Waals surface area contributed by atoms with Crippen LogP contribution in [0.3, 0.4) is 0 Å². The highest BCUT2D eigenvalue weighted by atomic mass is 16.5. The Balaban J connectivity index is 1.71. The number of amides is 1. The van der Waals surface area contributed by atoms with Crippen molar-refractivity contribution in [2.24, 2.45) is 5.10 Å². The molecule has 3 rings (SSSR count). The van der Waals surface area contributed by atoms with Gasteiger partial charge >= 0.3 is 0 Å². The molecule has 26 heavy (non-hydrogen) atoms. The molecule has 0 spiro atoms. The first-order valence-electron chi connectivity index (χ1n) is 7.73. The molecule has 0 bridgehead atoms. The molecule has 0 unspecified atom stereocenters. The van der Waals surface area contributed by atoms with Crippen molar-refractivity contribution in [2.75, 3.05) is 14.2 Å². The number of nitrogens with one attached hydrogen (secondary N) is 2. The van der Waals surface area contributed by atoms with Crippen LogP contribution in [0.25, 0.3) is 11.3 Å². The number of nitrogens with zero attached hydrogens (tertiary/aromatic N) is 3. The third kappa shape index (κ3) is 3.86. The van der Waals surface area contributed by atoms with Crippen molar-refractivity contribution in [3.05, 3.63) is 60.0 Å². The quantitative estimate of drug-likeness (QED) is 0.524. The first-order chi connectivity index (χ1) is 12.7. The fraction of sp³-hybridized carbons (Fsp3) is 0.111. The molecule has 0 atom stereocenters. The van der Waals surface area contributed by atoms with Crippen molar-refractivity contribution in [1.82, 2.24) is 20.6 Å². The molecule has 1 aromatic carbocycles. The van der Waals surface area contributed by atoms with E-state index in [-0.39, 0.29) is 5.69 Å². The van der Waals surface area contributed by atoms with Gasteiger partial charge in [0.05, 0.1) is 31.8 Å². The number of pyridine rings is 1. The van der Waals surface area contributed by atoms with Gasteiger partial charge in [0.1, 0.15) is 5.69 Å². The highest BCUT2D eigenvalue weighted by Crippen LogP contribution is 2.31. The summed E-state index contributed by atoms with van der Waals surface area (Å²) in [7, 11) is 3.13. The van der Waals surface area contributed by atoms with Crippen LogP contribution in [-0.4, -0.2) is 41.5 Å². The van der Waals surface area contributed by atoms with Gasteiger partial charge in [-0.1, -0.05) is 6.07 Å². The van der Waals surface area contributed by atoms with Crippen molar-refractivity contribution in [3.63, 3.8) is 0 Å². The average molecular weight is 351 g/mol. The van der Waals surface area contributed by atoms with E-state index in [1.165, 1.54) is 6.21 Å². The summed E-state index contributed by atoms with van der Waals surface area (Å²) in [6.45, 7) is 0. The van der Waals surface area contributed by atoms with Crippen LogP contribution in [-0.2, 0) is 0 Å². The Labute approximate surface area is 149 Å². The number of hydrogen-bond acceptors (Lipinski definition) is 6. The third-order valence-corrected chi connectivity index (χ3v) is 3.55. The van der Waals surface area contributed by atoms with Gasteiger partial charge in [-0.15, -0.1) is 0 Å². The summed E-state index contributed by atoms with van der Waals surface area (Å²) >= 11 is 0. The van der Waals surface area contributed by atoms with Gasteiger partial charge in [-0.05, 0) is 36.4 Å². The number of aromatic nitrogens is 3. The first kappa shape index (κ1) is 17.2. The largest absolute Gasteiger partial charge is 0.493 e. The van der Waals surface area contributed by atoms with Crippen LogP contribution in [0.5, 0.6) is 11.5 Å². The molecule has 2 N–H and O–H groups in total. The Morgan fingerprint density at radius 2 is 2.00 bits per heavy atom. The van der Waals surface area contributed by atoms with Gasteiger partial charge in [0.15, 0.2) is 11.5 Å². The zero-order chi connectivity index (χ0) is 18.4. The molecule has 2 aromatic heterocycles. The molecule has 0 saturated carbocycles. The molecular weight excluding hydrogens is 334 g/mol. The topological polar surface area (TPSA) is 101 Å². The van der Waals surface area contributed by atoms with Crippen LogP contribution in [0.15, 0.2) is 53.8 Å². The van der Waals surface area contributed by atoms with E-state index in [2.05, 4.69) is 25.7 Å². The van der Waals surface area contributed by atoms with E-state index in [0.717, 1.165) is 5.56 Å². The summed E-state index contributed by atoms with van der Waals surface area (Å²) in [6, 6.07) is 12.4. The van der Waals surface area contributed by atoms with E-state index in [4.69, 9.17) is 9.47 Å². The van der Waals surface area contributed by atoms with E-state index in [9.17, 15) is 4.79 Å². The number of ether oxygens (including phenoxy) is 2. The number of carbonyl (C=O) groups is 1. The first-order valence-corrected chi connectivity index (χ1v) is 7.73. The smallest absolute Gasteiger partial charge is 0.289 e. The Morgan fingerprint density at radius 1 is 1.15 bits per heavy atom. The van der Waals surface area contributed by atoms with E-state index < -0.39 is 5.91 Å². The number of benzene rings is 1. The molecule has 8 heteroatoms. The minimum Gasteiger partial charge on any atom is -0.493 e. The van der Waals surface area contributed by atoms with Crippen molar-refractivity contribution in [2.45, 2.75) is 0 Å². The number of hydrazone groups is 1. The summed E-state index contributed by atoms with van der Waals surface area (Å²) < 4.78 is 10.5. The van der Waals surface area contributed by atoms with Gasteiger partial charge in [0.2, 0.25) is 0 Å². The summed E-state index contributed by atoms with van der Waals surface area (Å²) in [5.41, 5.74) is 4.74. The second-order valence-electron chi connectivity index (χ2n) is 5.19. The lowest BCUT2D eigenvalue weighted by Gasteiger charge is -2.08. The second kappa shape index (κ2) is 7.93. The maximum atomic E-state index is 12.1. The number of H-pyrrole nitrogens is 1. The van der Waals surface area contributed by atoms with Gasteiger partial charge in [0, 0.05) is 11.8 Å². The Kier molecular flexibility index (Phi) is 5.23. The highest BCUT2D eigenvalue weighted by molar-refractivity contribution is 5.94. The second-order valence-corrected chi connectivity index (χ2v) is 5.19. The monoisotopic (exact) mass is 351 g/mol. The fourth-order valence-corrected chi connectivity index (χ4v) is 2.25. The van der Waals surface area contributed by atoms with E-state index in [1.807, 2.05) is 12.1 Å². The van der Waals surface area contributed by atoms with Crippen molar-refractivity contribution in [3.8, 4) is 22.8 Å². The van der Waals surface area contributed by atoms with Gasteiger partial charge in [-0.3, -0.25) is 14.9 Å². The van der Waals surface area contributed by atoms with Crippen molar-refractivity contribution < 1.29 is 14.3 Å². The minimum atomic E-state index is -0.406. The van der Waals surface area contributed by atoms with Gasteiger partial charge in [0.25, 0.3) is 5.91 Å². The lowest BCUT2D eigenvalue weighted by Crippen LogP contribution is -2.18. The van der Waals surface area contributed by atoms with Crippen LogP contribution in [0, 0.1) is 0 Å². The van der Waals surface area contributed by atoms with Crippen LogP contribution < -0.4 is 14.9 Å². The van der Waals surface area contributed by atoms with E-state index >= 15 is 0 Å². The summed E-state index contributed by atoms with van der Waals surface area (Å²) in [5, 5.41) is 10.7. The molecular formula is C18H17N5O3. The maximum absolute atomic E-state index is 12.1. The maximum Gasteiger partial charge on any atom is 0.289 e. The van der Waals surface area contributed by atoms with Crippen molar-refractivity contribution in [1.29, 1.82) is 0 Å². The molecule has 132 valence electrons. The molecule has 0 radical (unpaired) electrons. The SMILES string of the molecule is COc1ccc(-c2cc(C(=O)N/N=C/c3ccccn3)[nH]n2)cc1OC. The Hall–Kier alpha value is -3.68. The van der Waals surface area contributed by atoms with Crippen LogP contribution in [0.4, 0.5) is 0 Å². The van der Waals surface area contributed by atoms with Crippen LogP contribution in [0.1, 0.15) is 16.2 Å². The lowest BCUT2D eigenvalue weighted by atomic mass is 10.1. The summed E-state index contributed by atoms with van der Waals surface area (Å²) in [6.07, 6.45) is 3.11. The number of hydrogen-bond donors (Lipinski definition) is 2. The van der Waals surface area contributed by atoms with Gasteiger partial charge in [-0.2, -0.15) is 10.2 Å². The Bertz CT molecular complexity index is 922. The molecule has 0 aliphatic rings. The number of methoxy groups -OCH3 is 2. The fourth-order valence-electron chi connectivity index (χ4n) is 2.25. The molecule has 8 nitrogen and oxygen atoms in total. The molecule has 0 aliphatic carbocycles. The standard InChI is InChI=1S/C18H17N5O3/c1-25-16-7-6-12(9-17(16)26-2)14-10-15(22-21-14)18(24)23-20-11-13-5-3-4-8-19-13/h3-11H,1-2H3,(H,21,22)(H,23,24)/b20-11+. The summed E-state index contributed by atoms with van der Waals surface area (Å²) in [5.74, 6) is 0.795. The lowest BCUT2D eigenvalue weighted by molar-refractivity contribution is 0.0950. The third-order valence-electron chi connectivity index (χ3n) is 3.55. The summed E-state index contributed by atoms with van der Waals surface area (Å²) in [4.78, 5) is 16.2. The predicted octanol–water partition coefficient (Wildman–Crippen LogP) is 2.25. The number of rotatable bonds is 6.